The quantitative estimate of drug-likeness (QED) is 0.860. The molecule has 1 aromatic rings. The van der Waals surface area contributed by atoms with Gasteiger partial charge in [0.05, 0.1) is 0 Å². The van der Waals surface area contributed by atoms with E-state index in [-0.39, 0.29) is 0 Å². The molecule has 0 spiro atoms. The number of thiazole rings is 1. The second kappa shape index (κ2) is 5.03. The van der Waals surface area contributed by atoms with Gasteiger partial charge in [0.25, 0.3) is 0 Å². The molecular formula is C10H16N2S2. The number of hydrogen-bond acceptors (Lipinski definition) is 4. The van der Waals surface area contributed by atoms with Gasteiger partial charge in [0.15, 0.2) is 5.13 Å². The summed E-state index contributed by atoms with van der Waals surface area (Å²) < 4.78 is 0. The molecule has 0 aliphatic carbocycles. The molecule has 78 valence electrons. The maximum absolute atomic E-state index is 4.30. The Kier molecular flexibility index (Phi) is 3.70. The van der Waals surface area contributed by atoms with Crippen LogP contribution < -0.4 is 5.32 Å². The first-order valence-electron chi connectivity index (χ1n) is 5.12. The number of thioether (sulfide) groups is 1. The molecular weight excluding hydrogens is 212 g/mol. The third-order valence-corrected chi connectivity index (χ3v) is 4.64. The fourth-order valence-corrected chi connectivity index (χ4v) is 3.52. The van der Waals surface area contributed by atoms with Gasteiger partial charge in [-0.2, -0.15) is 11.8 Å². The lowest BCUT2D eigenvalue weighted by molar-refractivity contribution is 0.677. The molecule has 1 aromatic heterocycles. The van der Waals surface area contributed by atoms with Gasteiger partial charge in [-0.1, -0.05) is 6.42 Å². The number of aryl methyl sites for hydroxylation is 1. The molecule has 1 saturated heterocycles. The zero-order chi connectivity index (χ0) is 9.80. The first-order valence-corrected chi connectivity index (χ1v) is 6.99. The molecule has 1 unspecified atom stereocenters. The number of nitrogens with zero attached hydrogens (tertiary/aromatic N) is 1. The minimum absolute atomic E-state index is 0.799. The Morgan fingerprint density at radius 3 is 3.14 bits per heavy atom. The van der Waals surface area contributed by atoms with Gasteiger partial charge in [0, 0.05) is 22.9 Å². The lowest BCUT2D eigenvalue weighted by atomic mass is 10.2. The van der Waals surface area contributed by atoms with Gasteiger partial charge >= 0.3 is 0 Å². The predicted molar refractivity (Wildman–Crippen MR) is 65.4 cm³/mol. The number of anilines is 1. The predicted octanol–water partition coefficient (Wildman–Crippen LogP) is 3.15. The first-order chi connectivity index (χ1) is 6.84. The van der Waals surface area contributed by atoms with Crippen LogP contribution >= 0.6 is 23.1 Å². The van der Waals surface area contributed by atoms with Crippen LogP contribution in [-0.2, 0) is 0 Å². The van der Waals surface area contributed by atoms with Crippen molar-refractivity contribution in [3.8, 4) is 0 Å². The number of hydrogen-bond donors (Lipinski definition) is 1. The summed E-state index contributed by atoms with van der Waals surface area (Å²) in [4.78, 5) is 5.58. The van der Waals surface area contributed by atoms with Crippen LogP contribution in [0.4, 0.5) is 5.13 Å². The molecule has 1 aliphatic rings. The van der Waals surface area contributed by atoms with Gasteiger partial charge in [-0.25, -0.2) is 4.98 Å². The van der Waals surface area contributed by atoms with Crippen LogP contribution in [0.25, 0.3) is 0 Å². The van der Waals surface area contributed by atoms with Gasteiger partial charge in [-0.05, 0) is 25.5 Å². The zero-order valence-corrected chi connectivity index (χ0v) is 10.1. The molecule has 1 fully saturated rings. The normalized spacial score (nSPS) is 22.2. The minimum atomic E-state index is 0.799. The van der Waals surface area contributed by atoms with E-state index in [0.717, 1.165) is 16.9 Å². The van der Waals surface area contributed by atoms with Crippen LogP contribution in [-0.4, -0.2) is 22.5 Å². The molecule has 2 rings (SSSR count). The zero-order valence-electron chi connectivity index (χ0n) is 8.45. The van der Waals surface area contributed by atoms with E-state index in [1.165, 1.54) is 29.9 Å². The molecule has 0 bridgehead atoms. The van der Waals surface area contributed by atoms with Gasteiger partial charge in [-0.3, -0.25) is 0 Å². The lowest BCUT2D eigenvalue weighted by Gasteiger charge is -2.21. The third-order valence-electron chi connectivity index (χ3n) is 2.38. The minimum Gasteiger partial charge on any atom is -0.360 e. The van der Waals surface area contributed by atoms with Crippen LogP contribution in [0.15, 0.2) is 6.20 Å². The van der Waals surface area contributed by atoms with Crippen molar-refractivity contribution in [2.75, 3.05) is 17.6 Å². The Labute approximate surface area is 93.5 Å². The average molecular weight is 228 g/mol. The van der Waals surface area contributed by atoms with Gasteiger partial charge < -0.3 is 5.32 Å². The summed E-state index contributed by atoms with van der Waals surface area (Å²) in [7, 11) is 0. The maximum atomic E-state index is 4.30. The molecule has 14 heavy (non-hydrogen) atoms. The third kappa shape index (κ3) is 2.89. The summed E-state index contributed by atoms with van der Waals surface area (Å²) in [5, 5.41) is 5.30. The van der Waals surface area contributed by atoms with Crippen molar-refractivity contribution in [1.82, 2.24) is 4.98 Å². The largest absolute Gasteiger partial charge is 0.360 e. The molecule has 0 radical (unpaired) electrons. The van der Waals surface area contributed by atoms with Crippen molar-refractivity contribution < 1.29 is 0 Å². The van der Waals surface area contributed by atoms with E-state index in [9.17, 15) is 0 Å². The summed E-state index contributed by atoms with van der Waals surface area (Å²) in [6.07, 6.45) is 6.09. The Balaban J connectivity index is 1.76. The fourth-order valence-electron chi connectivity index (χ4n) is 1.61. The van der Waals surface area contributed by atoms with Crippen molar-refractivity contribution in [3.63, 3.8) is 0 Å². The van der Waals surface area contributed by atoms with Crippen molar-refractivity contribution in [2.45, 2.75) is 31.4 Å². The second-order valence-electron chi connectivity index (χ2n) is 3.65. The second-order valence-corrected chi connectivity index (χ2v) is 6.29. The van der Waals surface area contributed by atoms with E-state index < -0.39 is 0 Å². The van der Waals surface area contributed by atoms with Crippen LogP contribution in [0, 0.1) is 6.92 Å². The standard InChI is InChI=1S/C10H16N2S2/c1-8-6-11-10(14-8)12-7-9-4-2-3-5-13-9/h6,9H,2-5,7H2,1H3,(H,11,12). The van der Waals surface area contributed by atoms with E-state index >= 15 is 0 Å². The number of rotatable bonds is 3. The summed E-state index contributed by atoms with van der Waals surface area (Å²) in [6, 6.07) is 0. The highest BCUT2D eigenvalue weighted by Gasteiger charge is 2.13. The van der Waals surface area contributed by atoms with Crippen LogP contribution in [0.5, 0.6) is 0 Å². The van der Waals surface area contributed by atoms with Crippen LogP contribution in [0.3, 0.4) is 0 Å². The molecule has 0 aromatic carbocycles. The highest BCUT2D eigenvalue weighted by Crippen LogP contribution is 2.25. The summed E-state index contributed by atoms with van der Waals surface area (Å²) >= 11 is 3.85. The van der Waals surface area contributed by atoms with Crippen molar-refractivity contribution in [2.24, 2.45) is 0 Å². The smallest absolute Gasteiger partial charge is 0.182 e. The Bertz CT molecular complexity index is 279. The van der Waals surface area contributed by atoms with E-state index in [1.54, 1.807) is 11.3 Å². The van der Waals surface area contributed by atoms with Crippen LogP contribution in [0.2, 0.25) is 0 Å². The monoisotopic (exact) mass is 228 g/mol. The molecule has 4 heteroatoms. The summed E-state index contributed by atoms with van der Waals surface area (Å²) in [5.41, 5.74) is 0. The van der Waals surface area contributed by atoms with E-state index in [2.05, 4.69) is 29.0 Å². The number of nitrogens with one attached hydrogen (secondary N) is 1. The molecule has 2 heterocycles. The highest BCUT2D eigenvalue weighted by atomic mass is 32.2. The first kappa shape index (κ1) is 10.3. The van der Waals surface area contributed by atoms with Gasteiger partial charge in [0.2, 0.25) is 0 Å². The highest BCUT2D eigenvalue weighted by molar-refractivity contribution is 7.99. The lowest BCUT2D eigenvalue weighted by Crippen LogP contribution is -2.19. The SMILES string of the molecule is Cc1cnc(NCC2CCCCS2)s1. The Hall–Kier alpha value is -0.220. The van der Waals surface area contributed by atoms with Crippen LogP contribution in [0.1, 0.15) is 24.1 Å². The fraction of sp³-hybridized carbons (Fsp3) is 0.700. The van der Waals surface area contributed by atoms with Gasteiger partial charge in [-0.15, -0.1) is 11.3 Å². The van der Waals surface area contributed by atoms with E-state index in [4.69, 9.17) is 0 Å². The summed E-state index contributed by atoms with van der Waals surface area (Å²) in [5.74, 6) is 1.34. The molecule has 1 atom stereocenters. The molecule has 0 amide bonds. The van der Waals surface area contributed by atoms with Crippen molar-refractivity contribution >= 4 is 28.2 Å². The van der Waals surface area contributed by atoms with Gasteiger partial charge in [0.1, 0.15) is 0 Å². The Morgan fingerprint density at radius 1 is 1.57 bits per heavy atom. The molecule has 0 saturated carbocycles. The topological polar surface area (TPSA) is 24.9 Å². The van der Waals surface area contributed by atoms with Crippen molar-refractivity contribution in [3.05, 3.63) is 11.1 Å². The number of aromatic nitrogens is 1. The molecule has 1 N–H and O–H groups in total. The van der Waals surface area contributed by atoms with Crippen molar-refractivity contribution in [1.29, 1.82) is 0 Å². The van der Waals surface area contributed by atoms with E-state index in [0.29, 0.717) is 0 Å². The average Bonchev–Trinajstić information content (AvgIpc) is 2.63. The Morgan fingerprint density at radius 2 is 2.50 bits per heavy atom. The summed E-state index contributed by atoms with van der Waals surface area (Å²) in [6.45, 7) is 3.18. The molecule has 1 aliphatic heterocycles. The molecule has 2 nitrogen and oxygen atoms in total. The maximum Gasteiger partial charge on any atom is 0.182 e. The van der Waals surface area contributed by atoms with E-state index in [1.807, 2.05) is 6.20 Å².